The number of fused-ring (bicyclic) bond motifs is 1. The highest BCUT2D eigenvalue weighted by Crippen LogP contribution is 2.30. The number of aliphatic hydroxyl groups excluding tert-OH is 3. The van der Waals surface area contributed by atoms with Gasteiger partial charge in [-0.1, -0.05) is 0 Å². The van der Waals surface area contributed by atoms with E-state index >= 15 is 0 Å². The van der Waals surface area contributed by atoms with Gasteiger partial charge in [0.25, 0.3) is 5.56 Å². The van der Waals surface area contributed by atoms with Gasteiger partial charge in [0, 0.05) is 0 Å². The summed E-state index contributed by atoms with van der Waals surface area (Å²) in [6.45, 7) is -0.429. The van der Waals surface area contributed by atoms with Gasteiger partial charge in [-0.15, -0.1) is 0 Å². The molecule has 0 bridgehead atoms. The summed E-state index contributed by atoms with van der Waals surface area (Å²) in [7, 11) is 0. The molecule has 4 N–H and O–H groups in total. The highest BCUT2D eigenvalue weighted by atomic mass is 16.6. The van der Waals surface area contributed by atoms with Crippen LogP contribution in [-0.4, -0.2) is 60.0 Å². The maximum atomic E-state index is 11.5. The third kappa shape index (κ3) is 1.75. The third-order valence-corrected chi connectivity index (χ3v) is 3.15. The van der Waals surface area contributed by atoms with Gasteiger partial charge in [-0.25, -0.2) is 9.67 Å². The van der Waals surface area contributed by atoms with Gasteiger partial charge in [0.2, 0.25) is 0 Å². The predicted molar refractivity (Wildman–Crippen MR) is 61.2 cm³/mol. The fourth-order valence-corrected chi connectivity index (χ4v) is 2.14. The fraction of sp³-hybridized carbons (Fsp3) is 0.500. The van der Waals surface area contributed by atoms with Crippen molar-refractivity contribution in [2.45, 2.75) is 24.5 Å². The molecular formula is C10H12N4O5. The number of hydrogen-bond acceptors (Lipinski definition) is 7. The maximum Gasteiger partial charge on any atom is 0.261 e. The van der Waals surface area contributed by atoms with Crippen LogP contribution in [0.3, 0.4) is 0 Å². The molecule has 0 unspecified atom stereocenters. The summed E-state index contributed by atoms with van der Waals surface area (Å²) in [5.74, 6) is 0. The highest BCUT2D eigenvalue weighted by Gasteiger charge is 2.44. The zero-order valence-corrected chi connectivity index (χ0v) is 9.67. The molecule has 1 saturated heterocycles. The minimum Gasteiger partial charge on any atom is -0.394 e. The Labute approximate surface area is 106 Å². The number of hydrogen-bond donors (Lipinski definition) is 4. The molecule has 0 spiro atoms. The van der Waals surface area contributed by atoms with Crippen LogP contribution in [0.15, 0.2) is 17.3 Å². The molecule has 0 aliphatic carbocycles. The summed E-state index contributed by atoms with van der Waals surface area (Å²) in [5, 5.41) is 32.8. The van der Waals surface area contributed by atoms with Gasteiger partial charge in [-0.2, -0.15) is 5.10 Å². The minimum atomic E-state index is -1.26. The van der Waals surface area contributed by atoms with Gasteiger partial charge in [0.05, 0.1) is 19.1 Å². The van der Waals surface area contributed by atoms with Gasteiger partial charge in [-0.05, 0) is 0 Å². The van der Waals surface area contributed by atoms with Crippen molar-refractivity contribution >= 4 is 11.0 Å². The lowest BCUT2D eigenvalue weighted by atomic mass is 10.1. The summed E-state index contributed by atoms with van der Waals surface area (Å²) in [4.78, 5) is 17.9. The van der Waals surface area contributed by atoms with Gasteiger partial charge in [0.1, 0.15) is 23.7 Å². The van der Waals surface area contributed by atoms with E-state index in [9.17, 15) is 15.0 Å². The number of ether oxygens (including phenoxy) is 1. The maximum absolute atomic E-state index is 11.5. The zero-order chi connectivity index (χ0) is 13.6. The van der Waals surface area contributed by atoms with Crippen LogP contribution >= 0.6 is 0 Å². The lowest BCUT2D eigenvalue weighted by Gasteiger charge is -2.15. The van der Waals surface area contributed by atoms with E-state index < -0.39 is 31.1 Å². The van der Waals surface area contributed by atoms with Crippen molar-refractivity contribution < 1.29 is 20.1 Å². The smallest absolute Gasteiger partial charge is 0.261 e. The number of nitrogens with one attached hydrogen (secondary N) is 1. The van der Waals surface area contributed by atoms with Crippen LogP contribution in [0, 0.1) is 0 Å². The van der Waals surface area contributed by atoms with E-state index in [1.54, 1.807) is 0 Å². The zero-order valence-electron chi connectivity index (χ0n) is 9.67. The molecule has 4 atom stereocenters. The first kappa shape index (κ1) is 12.2. The normalized spacial score (nSPS) is 31.1. The Morgan fingerprint density at radius 1 is 1.42 bits per heavy atom. The van der Waals surface area contributed by atoms with Crippen LogP contribution in [-0.2, 0) is 4.74 Å². The van der Waals surface area contributed by atoms with Gasteiger partial charge in [-0.3, -0.25) is 4.79 Å². The molecule has 0 amide bonds. The second-order valence-corrected chi connectivity index (χ2v) is 4.29. The standard InChI is InChI=1S/C10H12N4O5/c15-2-5-6(16)7(17)10(19-5)14-8-4(1-13-14)9(18)12-3-11-8/h1,3,5-7,10,15-17H,2H2,(H,11,12,18)/t5-,6+,7+,10-/m0/s1. The largest absolute Gasteiger partial charge is 0.394 e. The van der Waals surface area contributed by atoms with Crippen molar-refractivity contribution in [3.63, 3.8) is 0 Å². The average Bonchev–Trinajstić information content (AvgIpc) is 2.94. The van der Waals surface area contributed by atoms with Crippen LogP contribution in [0.4, 0.5) is 0 Å². The molecule has 1 fully saturated rings. The molecule has 2 aromatic heterocycles. The van der Waals surface area contributed by atoms with E-state index in [1.165, 1.54) is 17.2 Å². The molecular weight excluding hydrogens is 256 g/mol. The Morgan fingerprint density at radius 2 is 2.21 bits per heavy atom. The Hall–Kier alpha value is -1.81. The van der Waals surface area contributed by atoms with Gasteiger partial charge in [0.15, 0.2) is 11.9 Å². The topological polar surface area (TPSA) is 133 Å². The van der Waals surface area contributed by atoms with Crippen LogP contribution in [0.5, 0.6) is 0 Å². The molecule has 0 saturated carbocycles. The van der Waals surface area contributed by atoms with Crippen molar-refractivity contribution in [3.8, 4) is 0 Å². The lowest BCUT2D eigenvalue weighted by molar-refractivity contribution is -0.0566. The van der Waals surface area contributed by atoms with Crippen molar-refractivity contribution in [1.29, 1.82) is 0 Å². The number of aromatic nitrogens is 4. The van der Waals surface area contributed by atoms with Crippen molar-refractivity contribution in [3.05, 3.63) is 22.9 Å². The SMILES string of the molecule is O=c1[nH]cnc2c1cnn2[C@H]1O[C@@H](CO)[C@@H](O)[C@H]1O. The second kappa shape index (κ2) is 4.38. The molecule has 9 nitrogen and oxygen atoms in total. The van der Waals surface area contributed by atoms with Crippen LogP contribution in [0.2, 0.25) is 0 Å². The molecule has 3 heterocycles. The number of nitrogens with zero attached hydrogens (tertiary/aromatic N) is 3. The molecule has 1 aliphatic rings. The number of rotatable bonds is 2. The Bertz CT molecular complexity index is 653. The Morgan fingerprint density at radius 3 is 2.89 bits per heavy atom. The second-order valence-electron chi connectivity index (χ2n) is 4.29. The summed E-state index contributed by atoms with van der Waals surface area (Å²) >= 11 is 0. The number of H-pyrrole nitrogens is 1. The lowest BCUT2D eigenvalue weighted by Crippen LogP contribution is -2.33. The predicted octanol–water partition coefficient (Wildman–Crippen LogP) is -2.27. The van der Waals surface area contributed by atoms with E-state index in [-0.39, 0.29) is 16.6 Å². The number of aromatic amines is 1. The van der Waals surface area contributed by atoms with E-state index in [1.807, 2.05) is 0 Å². The highest BCUT2D eigenvalue weighted by molar-refractivity contribution is 5.72. The molecule has 1 aliphatic heterocycles. The Balaban J connectivity index is 2.06. The summed E-state index contributed by atoms with van der Waals surface area (Å²) in [6, 6.07) is 0. The number of aliphatic hydroxyl groups is 3. The van der Waals surface area contributed by atoms with Gasteiger partial charge >= 0.3 is 0 Å². The van der Waals surface area contributed by atoms with E-state index in [0.29, 0.717) is 0 Å². The van der Waals surface area contributed by atoms with Crippen molar-refractivity contribution in [2.75, 3.05) is 6.61 Å². The first-order valence-corrected chi connectivity index (χ1v) is 5.67. The van der Waals surface area contributed by atoms with Crippen molar-refractivity contribution in [1.82, 2.24) is 19.7 Å². The third-order valence-electron chi connectivity index (χ3n) is 3.15. The molecule has 3 rings (SSSR count). The molecule has 9 heteroatoms. The molecule has 102 valence electrons. The van der Waals surface area contributed by atoms with Crippen LogP contribution < -0.4 is 5.56 Å². The minimum absolute atomic E-state index is 0.235. The monoisotopic (exact) mass is 268 g/mol. The molecule has 19 heavy (non-hydrogen) atoms. The fourth-order valence-electron chi connectivity index (χ4n) is 2.14. The first-order valence-electron chi connectivity index (χ1n) is 5.67. The first-order chi connectivity index (χ1) is 9.13. The molecule has 0 radical (unpaired) electrons. The molecule has 0 aromatic carbocycles. The summed E-state index contributed by atoms with van der Waals surface area (Å²) in [6.07, 6.45) is -1.88. The summed E-state index contributed by atoms with van der Waals surface area (Å²) < 4.78 is 6.54. The average molecular weight is 268 g/mol. The van der Waals surface area contributed by atoms with Crippen molar-refractivity contribution in [2.24, 2.45) is 0 Å². The quantitative estimate of drug-likeness (QED) is 0.482. The van der Waals surface area contributed by atoms with Crippen LogP contribution in [0.25, 0.3) is 11.0 Å². The molecule has 2 aromatic rings. The Kier molecular flexibility index (Phi) is 2.82. The summed E-state index contributed by atoms with van der Waals surface area (Å²) in [5.41, 5.74) is -0.124. The van der Waals surface area contributed by atoms with Gasteiger partial charge < -0.3 is 25.0 Å². The van der Waals surface area contributed by atoms with E-state index in [4.69, 9.17) is 9.84 Å². The van der Waals surface area contributed by atoms with E-state index in [2.05, 4.69) is 15.1 Å². The van der Waals surface area contributed by atoms with E-state index in [0.717, 1.165) is 0 Å². The van der Waals surface area contributed by atoms with Crippen LogP contribution in [0.1, 0.15) is 6.23 Å².